The highest BCUT2D eigenvalue weighted by Gasteiger charge is 2.52. The van der Waals surface area contributed by atoms with Gasteiger partial charge in [-0.05, 0) is 87.4 Å². The Morgan fingerprint density at radius 2 is 1.62 bits per heavy atom. The first-order chi connectivity index (χ1) is 11.6. The average molecular weight is 332 g/mol. The van der Waals surface area contributed by atoms with E-state index in [0.717, 1.165) is 69.4 Å². The van der Waals surface area contributed by atoms with Crippen molar-refractivity contribution in [2.75, 3.05) is 13.1 Å². The molecule has 1 saturated heterocycles. The van der Waals surface area contributed by atoms with Crippen LogP contribution in [0.15, 0.2) is 0 Å². The van der Waals surface area contributed by atoms with Gasteiger partial charge in [-0.1, -0.05) is 6.42 Å². The van der Waals surface area contributed by atoms with Gasteiger partial charge < -0.3 is 10.0 Å². The Morgan fingerprint density at radius 1 is 1.00 bits per heavy atom. The molecule has 2 atom stereocenters. The molecule has 5 saturated carbocycles. The molecule has 134 valence electrons. The van der Waals surface area contributed by atoms with Crippen molar-refractivity contribution in [1.82, 2.24) is 4.90 Å². The quantitative estimate of drug-likeness (QED) is 0.837. The third-order valence-electron chi connectivity index (χ3n) is 8.51. The first-order valence-corrected chi connectivity index (χ1v) is 10.5. The molecule has 3 heteroatoms. The first kappa shape index (κ1) is 15.7. The van der Waals surface area contributed by atoms with Crippen LogP contribution in [-0.4, -0.2) is 35.1 Å². The Balaban J connectivity index is 1.29. The minimum Gasteiger partial charge on any atom is -0.392 e. The lowest BCUT2D eigenvalue weighted by Crippen LogP contribution is -2.52. The van der Waals surface area contributed by atoms with Crippen LogP contribution < -0.4 is 0 Å². The maximum atomic E-state index is 13.2. The van der Waals surface area contributed by atoms with Gasteiger partial charge in [-0.3, -0.25) is 4.79 Å². The maximum Gasteiger partial charge on any atom is 0.223 e. The first-order valence-electron chi connectivity index (χ1n) is 10.5. The van der Waals surface area contributed by atoms with E-state index in [0.29, 0.717) is 11.3 Å². The zero-order valence-corrected chi connectivity index (χ0v) is 15.0. The molecule has 6 aliphatic rings. The van der Waals surface area contributed by atoms with Gasteiger partial charge in [0.05, 0.1) is 6.10 Å². The summed E-state index contributed by atoms with van der Waals surface area (Å²) in [5, 5.41) is 10.5. The average Bonchev–Trinajstić information content (AvgIpc) is 2.86. The van der Waals surface area contributed by atoms with Crippen LogP contribution in [0.4, 0.5) is 0 Å². The summed E-state index contributed by atoms with van der Waals surface area (Å²) in [6.07, 6.45) is 14.4. The van der Waals surface area contributed by atoms with Crippen LogP contribution in [0.1, 0.15) is 77.0 Å². The number of amides is 1. The lowest BCUT2D eigenvalue weighted by Gasteiger charge is -2.57. The Bertz CT molecular complexity index is 495. The Morgan fingerprint density at radius 3 is 2.21 bits per heavy atom. The number of carbonyl (C=O) groups is 1. The third-order valence-corrected chi connectivity index (χ3v) is 8.51. The smallest absolute Gasteiger partial charge is 0.223 e. The molecule has 0 unspecified atom stereocenters. The van der Waals surface area contributed by atoms with Crippen LogP contribution in [-0.2, 0) is 4.79 Å². The summed E-state index contributed by atoms with van der Waals surface area (Å²) in [6.45, 7) is 1.76. The Labute approximate surface area is 146 Å². The van der Waals surface area contributed by atoms with Gasteiger partial charge in [0.15, 0.2) is 0 Å². The van der Waals surface area contributed by atoms with Crippen molar-refractivity contribution in [3.63, 3.8) is 0 Å². The van der Waals surface area contributed by atoms with Crippen molar-refractivity contribution in [2.45, 2.75) is 83.2 Å². The molecule has 3 nitrogen and oxygen atoms in total. The fraction of sp³-hybridized carbons (Fsp3) is 0.952. The molecular formula is C21H33NO2. The molecule has 6 fully saturated rings. The summed E-state index contributed by atoms with van der Waals surface area (Å²) in [5.41, 5.74) is 0.389. The van der Waals surface area contributed by atoms with Gasteiger partial charge >= 0.3 is 0 Å². The second-order valence-electron chi connectivity index (χ2n) is 10.3. The Hall–Kier alpha value is -0.570. The number of aliphatic hydroxyl groups excluding tert-OH is 1. The van der Waals surface area contributed by atoms with Gasteiger partial charge in [0, 0.05) is 24.9 Å². The van der Waals surface area contributed by atoms with E-state index < -0.39 is 0 Å². The highest BCUT2D eigenvalue weighted by molar-refractivity contribution is 5.77. The molecule has 24 heavy (non-hydrogen) atoms. The summed E-state index contributed by atoms with van der Waals surface area (Å²) in [4.78, 5) is 15.3. The molecule has 5 aliphatic carbocycles. The van der Waals surface area contributed by atoms with Gasteiger partial charge in [-0.15, -0.1) is 0 Å². The Kier molecular flexibility index (Phi) is 3.57. The van der Waals surface area contributed by atoms with E-state index in [2.05, 4.69) is 4.90 Å². The fourth-order valence-electron chi connectivity index (χ4n) is 7.91. The van der Waals surface area contributed by atoms with Gasteiger partial charge in [-0.2, -0.15) is 0 Å². The number of hydrogen-bond donors (Lipinski definition) is 1. The number of aliphatic hydroxyl groups is 1. The van der Waals surface area contributed by atoms with Crippen molar-refractivity contribution in [3.8, 4) is 0 Å². The highest BCUT2D eigenvalue weighted by Crippen LogP contribution is 2.61. The number of likely N-dealkylation sites (tertiary alicyclic amines) is 1. The zero-order chi connectivity index (χ0) is 16.4. The summed E-state index contributed by atoms with van der Waals surface area (Å²) in [7, 11) is 0. The molecule has 1 spiro atoms. The van der Waals surface area contributed by atoms with Crippen LogP contribution in [0.5, 0.6) is 0 Å². The number of hydrogen-bond acceptors (Lipinski definition) is 2. The summed E-state index contributed by atoms with van der Waals surface area (Å²) in [5.74, 6) is 3.19. The van der Waals surface area contributed by atoms with Crippen molar-refractivity contribution in [1.29, 1.82) is 0 Å². The largest absolute Gasteiger partial charge is 0.392 e. The molecule has 0 radical (unpaired) electrons. The summed E-state index contributed by atoms with van der Waals surface area (Å²) >= 11 is 0. The van der Waals surface area contributed by atoms with E-state index in [-0.39, 0.29) is 11.5 Å². The van der Waals surface area contributed by atoms with Crippen molar-refractivity contribution >= 4 is 5.91 Å². The molecule has 1 aliphatic heterocycles. The van der Waals surface area contributed by atoms with Crippen molar-refractivity contribution in [2.24, 2.45) is 28.6 Å². The van der Waals surface area contributed by atoms with Gasteiger partial charge in [0.25, 0.3) is 0 Å². The summed E-state index contributed by atoms with van der Waals surface area (Å²) in [6, 6.07) is 0. The molecule has 1 heterocycles. The van der Waals surface area contributed by atoms with Crippen LogP contribution in [0, 0.1) is 28.6 Å². The van der Waals surface area contributed by atoms with E-state index in [1.165, 1.54) is 38.5 Å². The molecule has 0 aromatic heterocycles. The minimum atomic E-state index is -0.173. The van der Waals surface area contributed by atoms with E-state index in [9.17, 15) is 9.90 Å². The van der Waals surface area contributed by atoms with Crippen molar-refractivity contribution < 1.29 is 9.90 Å². The van der Waals surface area contributed by atoms with E-state index in [1.807, 2.05) is 0 Å². The molecular weight excluding hydrogens is 298 g/mol. The van der Waals surface area contributed by atoms with E-state index in [4.69, 9.17) is 0 Å². The number of rotatable bonds is 2. The third kappa shape index (κ3) is 2.45. The molecule has 1 N–H and O–H groups in total. The number of nitrogens with zero attached hydrogens (tertiary/aromatic N) is 1. The highest BCUT2D eigenvalue weighted by atomic mass is 16.3. The standard InChI is InChI=1S/C21H33NO2/c23-18-3-1-4-21(18)5-2-6-22(14-21)19(24)13-20-10-15-7-16(11-20)9-17(8-15)12-20/h15-18,23H,1-14H2/t15?,16?,17?,18-,20?,21-/m1/s1. The molecule has 0 aromatic rings. The van der Waals surface area contributed by atoms with Crippen LogP contribution >= 0.6 is 0 Å². The van der Waals surface area contributed by atoms with E-state index in [1.54, 1.807) is 0 Å². The SMILES string of the molecule is O=C(CC12CC3CC(CC(C3)C1)C2)N1CCC[C@]2(CCC[C@H]2O)C1. The monoisotopic (exact) mass is 331 g/mol. The minimum absolute atomic E-state index is 0.0371. The molecule has 0 aromatic carbocycles. The van der Waals surface area contributed by atoms with Crippen LogP contribution in [0.3, 0.4) is 0 Å². The van der Waals surface area contributed by atoms with Gasteiger partial charge in [0.2, 0.25) is 5.91 Å². The predicted octanol–water partition coefficient (Wildman–Crippen LogP) is 3.75. The molecule has 6 rings (SSSR count). The second kappa shape index (κ2) is 5.46. The number of piperidine rings is 1. The molecule has 1 amide bonds. The van der Waals surface area contributed by atoms with Crippen molar-refractivity contribution in [3.05, 3.63) is 0 Å². The second-order valence-corrected chi connectivity index (χ2v) is 10.3. The van der Waals surface area contributed by atoms with Crippen LogP contribution in [0.2, 0.25) is 0 Å². The molecule has 4 bridgehead atoms. The predicted molar refractivity (Wildman–Crippen MR) is 93.3 cm³/mol. The topological polar surface area (TPSA) is 40.5 Å². The number of carbonyl (C=O) groups excluding carboxylic acids is 1. The summed E-state index contributed by atoms with van der Waals surface area (Å²) < 4.78 is 0. The lowest BCUT2D eigenvalue weighted by atomic mass is 9.49. The maximum absolute atomic E-state index is 13.2. The van der Waals surface area contributed by atoms with E-state index >= 15 is 0 Å². The van der Waals surface area contributed by atoms with Gasteiger partial charge in [0.1, 0.15) is 0 Å². The van der Waals surface area contributed by atoms with Crippen LogP contribution in [0.25, 0.3) is 0 Å². The fourth-order valence-corrected chi connectivity index (χ4v) is 7.91. The zero-order valence-electron chi connectivity index (χ0n) is 15.0. The van der Waals surface area contributed by atoms with Gasteiger partial charge in [-0.25, -0.2) is 0 Å². The normalized spacial score (nSPS) is 50.0. The lowest BCUT2D eigenvalue weighted by molar-refractivity contribution is -0.144.